The predicted octanol–water partition coefficient (Wildman–Crippen LogP) is 5.14. The van der Waals surface area contributed by atoms with Crippen LogP contribution in [0.5, 0.6) is 11.5 Å². The SMILES string of the molecule is COc1ccc(N(C)c2ccc3nc(C)nc(NCc4cc(N)cc(OC(F)F)c4)c3c2)cc1CC(=O)N(C)C. The summed E-state index contributed by atoms with van der Waals surface area (Å²) in [5, 5.41) is 4.07. The van der Waals surface area contributed by atoms with Crippen molar-refractivity contribution in [1.29, 1.82) is 0 Å². The molecule has 4 aromatic rings. The van der Waals surface area contributed by atoms with Crippen molar-refractivity contribution in [3.05, 3.63) is 71.5 Å². The Morgan fingerprint density at radius 2 is 1.75 bits per heavy atom. The van der Waals surface area contributed by atoms with Crippen molar-refractivity contribution in [2.75, 3.05) is 44.2 Å². The van der Waals surface area contributed by atoms with Gasteiger partial charge < -0.3 is 30.3 Å². The number of halogens is 2. The molecule has 1 aromatic heterocycles. The van der Waals surface area contributed by atoms with E-state index in [9.17, 15) is 13.6 Å². The molecule has 0 bridgehead atoms. The summed E-state index contributed by atoms with van der Waals surface area (Å²) in [5.41, 5.74) is 10.1. The molecule has 40 heavy (non-hydrogen) atoms. The Morgan fingerprint density at radius 3 is 2.45 bits per heavy atom. The minimum absolute atomic E-state index is 0.00872. The molecule has 1 heterocycles. The molecule has 0 spiro atoms. The van der Waals surface area contributed by atoms with Crippen molar-refractivity contribution in [3.8, 4) is 11.5 Å². The summed E-state index contributed by atoms with van der Waals surface area (Å²) >= 11 is 0. The monoisotopic (exact) mass is 550 g/mol. The topological polar surface area (TPSA) is 106 Å². The Kier molecular flexibility index (Phi) is 8.52. The number of benzene rings is 3. The first-order chi connectivity index (χ1) is 19.0. The molecule has 0 atom stereocenters. The van der Waals surface area contributed by atoms with Crippen molar-refractivity contribution in [3.63, 3.8) is 0 Å². The Morgan fingerprint density at radius 1 is 1.02 bits per heavy atom. The van der Waals surface area contributed by atoms with Crippen LogP contribution in [0.15, 0.2) is 54.6 Å². The van der Waals surface area contributed by atoms with E-state index in [2.05, 4.69) is 20.0 Å². The summed E-state index contributed by atoms with van der Waals surface area (Å²) in [5.74, 6) is 1.77. The summed E-state index contributed by atoms with van der Waals surface area (Å²) in [6, 6.07) is 16.1. The van der Waals surface area contributed by atoms with Gasteiger partial charge in [0.2, 0.25) is 5.91 Å². The van der Waals surface area contributed by atoms with Gasteiger partial charge in [0, 0.05) is 61.8 Å². The second-order valence-electron chi connectivity index (χ2n) is 9.48. The van der Waals surface area contributed by atoms with E-state index in [1.807, 2.05) is 48.3 Å². The number of nitrogen functional groups attached to an aromatic ring is 1. The van der Waals surface area contributed by atoms with Gasteiger partial charge in [0.1, 0.15) is 23.1 Å². The van der Waals surface area contributed by atoms with Crippen LogP contribution < -0.4 is 25.4 Å². The molecule has 3 N–H and O–H groups in total. The molecule has 4 rings (SSSR count). The maximum absolute atomic E-state index is 12.7. The average Bonchev–Trinajstić information content (AvgIpc) is 2.90. The molecule has 210 valence electrons. The number of nitrogens with two attached hydrogens (primary N) is 1. The predicted molar refractivity (Wildman–Crippen MR) is 153 cm³/mol. The van der Waals surface area contributed by atoms with Crippen LogP contribution in [0.4, 0.5) is 31.7 Å². The van der Waals surface area contributed by atoms with Gasteiger partial charge in [-0.1, -0.05) is 0 Å². The van der Waals surface area contributed by atoms with Crippen LogP contribution in [0.25, 0.3) is 10.9 Å². The number of carbonyl (C=O) groups excluding carboxylic acids is 1. The first-order valence-corrected chi connectivity index (χ1v) is 12.5. The van der Waals surface area contributed by atoms with E-state index in [0.717, 1.165) is 27.8 Å². The molecule has 0 fully saturated rings. The largest absolute Gasteiger partial charge is 0.496 e. The van der Waals surface area contributed by atoms with Gasteiger partial charge >= 0.3 is 6.61 Å². The second kappa shape index (κ2) is 12.0. The number of carbonyl (C=O) groups is 1. The number of aromatic nitrogens is 2. The Balaban J connectivity index is 1.64. The number of nitrogens with one attached hydrogen (secondary N) is 1. The second-order valence-corrected chi connectivity index (χ2v) is 9.48. The Hall–Kier alpha value is -4.67. The molecule has 0 unspecified atom stereocenters. The van der Waals surface area contributed by atoms with Gasteiger partial charge in [-0.3, -0.25) is 4.79 Å². The smallest absolute Gasteiger partial charge is 0.387 e. The normalized spacial score (nSPS) is 11.0. The first kappa shape index (κ1) is 28.3. The highest BCUT2D eigenvalue weighted by atomic mass is 19.3. The molecule has 0 saturated carbocycles. The van der Waals surface area contributed by atoms with Crippen LogP contribution in [-0.2, 0) is 17.8 Å². The van der Waals surface area contributed by atoms with Gasteiger partial charge in [-0.05, 0) is 61.0 Å². The van der Waals surface area contributed by atoms with Gasteiger partial charge in [-0.15, -0.1) is 0 Å². The number of hydrogen-bond acceptors (Lipinski definition) is 8. The third-order valence-corrected chi connectivity index (χ3v) is 6.34. The highest BCUT2D eigenvalue weighted by Gasteiger charge is 2.15. The Labute approximate surface area is 231 Å². The molecule has 0 saturated heterocycles. The van der Waals surface area contributed by atoms with Crippen LogP contribution >= 0.6 is 0 Å². The van der Waals surface area contributed by atoms with E-state index in [-0.39, 0.29) is 24.6 Å². The van der Waals surface area contributed by atoms with E-state index >= 15 is 0 Å². The maximum Gasteiger partial charge on any atom is 0.387 e. The van der Waals surface area contributed by atoms with Crippen molar-refractivity contribution in [2.45, 2.75) is 26.5 Å². The number of rotatable bonds is 10. The third-order valence-electron chi connectivity index (χ3n) is 6.34. The fourth-order valence-electron chi connectivity index (χ4n) is 4.30. The number of nitrogens with zero attached hydrogens (tertiary/aromatic N) is 4. The van der Waals surface area contributed by atoms with E-state index in [4.69, 9.17) is 10.5 Å². The number of aryl methyl sites for hydroxylation is 1. The fourth-order valence-corrected chi connectivity index (χ4v) is 4.30. The number of ether oxygens (including phenoxy) is 2. The highest BCUT2D eigenvalue weighted by Crippen LogP contribution is 2.33. The lowest BCUT2D eigenvalue weighted by atomic mass is 10.1. The molecule has 11 heteroatoms. The molecule has 9 nitrogen and oxygen atoms in total. The number of amides is 1. The standard InChI is InChI=1S/C29H32F2N6O3/c1-17-34-25-8-6-22(37(4)21-7-9-26(39-5)19(12-21)13-27(38)36(2)3)15-24(25)28(35-17)33-16-18-10-20(32)14-23(11-18)40-29(30)31/h6-12,14-15,29H,13,16,32H2,1-5H3,(H,33,34,35). The summed E-state index contributed by atoms with van der Waals surface area (Å²) in [6.07, 6.45) is 0.213. The number of hydrogen-bond donors (Lipinski definition) is 2. The lowest BCUT2D eigenvalue weighted by Gasteiger charge is -2.22. The van der Waals surface area contributed by atoms with E-state index in [1.54, 1.807) is 39.1 Å². The number of fused-ring (bicyclic) bond motifs is 1. The minimum atomic E-state index is -2.94. The van der Waals surface area contributed by atoms with Crippen LogP contribution in [0.3, 0.4) is 0 Å². The molecule has 3 aromatic carbocycles. The quantitative estimate of drug-likeness (QED) is 0.262. The minimum Gasteiger partial charge on any atom is -0.496 e. The first-order valence-electron chi connectivity index (χ1n) is 12.5. The molecule has 0 radical (unpaired) electrons. The van der Waals surface area contributed by atoms with Crippen LogP contribution in [-0.4, -0.2) is 55.6 Å². The molecule has 0 aliphatic heterocycles. The zero-order valence-electron chi connectivity index (χ0n) is 23.0. The van der Waals surface area contributed by atoms with Gasteiger partial charge in [-0.2, -0.15) is 8.78 Å². The van der Waals surface area contributed by atoms with E-state index in [1.165, 1.54) is 12.1 Å². The number of anilines is 4. The number of likely N-dealkylation sites (N-methyl/N-ethyl adjacent to an activating group) is 1. The highest BCUT2D eigenvalue weighted by molar-refractivity contribution is 5.92. The maximum atomic E-state index is 12.7. The van der Waals surface area contributed by atoms with Crippen molar-refractivity contribution in [2.24, 2.45) is 0 Å². The summed E-state index contributed by atoms with van der Waals surface area (Å²) in [7, 11) is 6.95. The van der Waals surface area contributed by atoms with Crippen molar-refractivity contribution >= 4 is 39.7 Å². The van der Waals surface area contributed by atoms with Crippen LogP contribution in [0, 0.1) is 6.92 Å². The van der Waals surface area contributed by atoms with E-state index < -0.39 is 6.61 Å². The van der Waals surface area contributed by atoms with E-state index in [0.29, 0.717) is 28.6 Å². The lowest BCUT2D eigenvalue weighted by Crippen LogP contribution is -2.23. The number of alkyl halides is 2. The van der Waals surface area contributed by atoms with Crippen molar-refractivity contribution < 1.29 is 23.0 Å². The summed E-state index contributed by atoms with van der Waals surface area (Å²) in [4.78, 5) is 25.1. The van der Waals surface area contributed by atoms with Crippen LogP contribution in [0.1, 0.15) is 17.0 Å². The lowest BCUT2D eigenvalue weighted by molar-refractivity contribution is -0.127. The zero-order valence-corrected chi connectivity index (χ0v) is 23.0. The fraction of sp³-hybridized carbons (Fsp3) is 0.276. The summed E-state index contributed by atoms with van der Waals surface area (Å²) in [6.45, 7) is -0.868. The molecular weight excluding hydrogens is 518 g/mol. The molecule has 0 aliphatic rings. The van der Waals surface area contributed by atoms with Gasteiger partial charge in [0.25, 0.3) is 0 Å². The molecular formula is C29H32F2N6O3. The van der Waals surface area contributed by atoms with Crippen molar-refractivity contribution in [1.82, 2.24) is 14.9 Å². The molecule has 1 amide bonds. The average molecular weight is 551 g/mol. The van der Waals surface area contributed by atoms with Gasteiger partial charge in [0.15, 0.2) is 0 Å². The zero-order chi connectivity index (χ0) is 29.0. The molecule has 0 aliphatic carbocycles. The summed E-state index contributed by atoms with van der Waals surface area (Å²) < 4.78 is 35.4. The van der Waals surface area contributed by atoms with Crippen LogP contribution in [0.2, 0.25) is 0 Å². The number of methoxy groups -OCH3 is 1. The van der Waals surface area contributed by atoms with Gasteiger partial charge in [-0.25, -0.2) is 9.97 Å². The third kappa shape index (κ3) is 6.66. The Bertz CT molecular complexity index is 1530. The van der Waals surface area contributed by atoms with Gasteiger partial charge in [0.05, 0.1) is 19.0 Å².